The average Bonchev–Trinajstić information content (AvgIpc) is 2.45. The number of halogens is 1. The van der Waals surface area contributed by atoms with Gasteiger partial charge in [0.25, 0.3) is 0 Å². The van der Waals surface area contributed by atoms with Crippen LogP contribution < -0.4 is 5.32 Å². The first-order valence-electron chi connectivity index (χ1n) is 6.38. The van der Waals surface area contributed by atoms with Gasteiger partial charge in [-0.05, 0) is 35.7 Å². The lowest BCUT2D eigenvalue weighted by atomic mass is 9.84. The molecule has 2 aromatic carbocycles. The number of hydrogen-bond acceptors (Lipinski definition) is 5. The van der Waals surface area contributed by atoms with Crippen LogP contribution in [0.1, 0.15) is 23.5 Å². The Labute approximate surface area is 132 Å². The molecular weight excluding hydrogens is 338 g/mol. The lowest BCUT2D eigenvalue weighted by molar-refractivity contribution is 0.401. The van der Waals surface area contributed by atoms with Crippen molar-refractivity contribution in [2.24, 2.45) is 0 Å². The molecular formula is C15H16BrNO4. The molecule has 0 aliphatic carbocycles. The van der Waals surface area contributed by atoms with Crippen LogP contribution in [0.15, 0.2) is 30.3 Å². The summed E-state index contributed by atoms with van der Waals surface area (Å²) in [6, 6.07) is 7.93. The fraction of sp³-hybridized carbons (Fsp3) is 0.200. The first-order chi connectivity index (χ1) is 9.58. The lowest BCUT2D eigenvalue weighted by Gasteiger charge is -2.28. The molecule has 3 rings (SSSR count). The molecule has 6 heteroatoms. The molecule has 0 aromatic heterocycles. The number of rotatable bonds is 1. The van der Waals surface area contributed by atoms with E-state index < -0.39 is 0 Å². The highest BCUT2D eigenvalue weighted by Crippen LogP contribution is 2.45. The number of hydrogen-bond donors (Lipinski definition) is 5. The van der Waals surface area contributed by atoms with E-state index in [-0.39, 0.29) is 45.9 Å². The average molecular weight is 354 g/mol. The molecule has 0 saturated heterocycles. The van der Waals surface area contributed by atoms with E-state index in [1.165, 1.54) is 18.2 Å². The quantitative estimate of drug-likeness (QED) is 0.508. The van der Waals surface area contributed by atoms with E-state index in [2.05, 4.69) is 5.32 Å². The van der Waals surface area contributed by atoms with Crippen molar-refractivity contribution in [1.82, 2.24) is 0 Å². The third-order valence-corrected chi connectivity index (χ3v) is 3.70. The maximum Gasteiger partial charge on any atom is 0.181 e. The van der Waals surface area contributed by atoms with Gasteiger partial charge in [0.2, 0.25) is 0 Å². The topological polar surface area (TPSA) is 93.0 Å². The lowest BCUT2D eigenvalue weighted by Crippen LogP contribution is -2.17. The second-order valence-corrected chi connectivity index (χ2v) is 4.91. The molecule has 0 bridgehead atoms. The number of phenols is 4. The minimum Gasteiger partial charge on any atom is -0.504 e. The van der Waals surface area contributed by atoms with Crippen molar-refractivity contribution in [3.63, 3.8) is 0 Å². The van der Waals surface area contributed by atoms with Crippen LogP contribution in [0.5, 0.6) is 23.0 Å². The van der Waals surface area contributed by atoms with Gasteiger partial charge in [0.15, 0.2) is 23.0 Å². The van der Waals surface area contributed by atoms with Crippen LogP contribution in [-0.4, -0.2) is 27.0 Å². The smallest absolute Gasteiger partial charge is 0.181 e. The summed E-state index contributed by atoms with van der Waals surface area (Å²) in [7, 11) is 0. The standard InChI is InChI=1S/C15H15NO4.BrH/c17-11-3-1-8(7-13(11)19)9-5-6-16-14-10(9)2-4-12(18)15(14)20;/h1-4,7,9,16-20H,5-6H2;1H. The zero-order valence-electron chi connectivity index (χ0n) is 11.1. The highest BCUT2D eigenvalue weighted by molar-refractivity contribution is 8.93. The van der Waals surface area contributed by atoms with Crippen LogP contribution in [0.25, 0.3) is 0 Å². The van der Waals surface area contributed by atoms with Crippen LogP contribution in [0.2, 0.25) is 0 Å². The van der Waals surface area contributed by atoms with Gasteiger partial charge in [-0.25, -0.2) is 0 Å². The predicted octanol–water partition coefficient (Wildman–Crippen LogP) is 3.03. The molecule has 1 unspecified atom stereocenters. The zero-order chi connectivity index (χ0) is 14.3. The third-order valence-electron chi connectivity index (χ3n) is 3.70. The van der Waals surface area contributed by atoms with Gasteiger partial charge in [-0.3, -0.25) is 0 Å². The first kappa shape index (κ1) is 15.3. The molecule has 1 atom stereocenters. The van der Waals surface area contributed by atoms with Gasteiger partial charge < -0.3 is 25.7 Å². The van der Waals surface area contributed by atoms with E-state index in [0.29, 0.717) is 12.2 Å². The maximum atomic E-state index is 9.90. The van der Waals surface area contributed by atoms with E-state index in [9.17, 15) is 20.4 Å². The Balaban J connectivity index is 0.00000161. The van der Waals surface area contributed by atoms with E-state index >= 15 is 0 Å². The molecule has 21 heavy (non-hydrogen) atoms. The van der Waals surface area contributed by atoms with Gasteiger partial charge >= 0.3 is 0 Å². The molecule has 0 fully saturated rings. The van der Waals surface area contributed by atoms with Crippen LogP contribution in [0.3, 0.4) is 0 Å². The SMILES string of the molecule is Br.Oc1ccc(C2CCNc3c2ccc(O)c3O)cc1O. The van der Waals surface area contributed by atoms with E-state index in [4.69, 9.17) is 0 Å². The summed E-state index contributed by atoms with van der Waals surface area (Å²) in [4.78, 5) is 0. The Morgan fingerprint density at radius 2 is 1.62 bits per heavy atom. The molecule has 5 nitrogen and oxygen atoms in total. The second kappa shape index (κ2) is 5.73. The number of fused-ring (bicyclic) bond motifs is 1. The Morgan fingerprint density at radius 3 is 2.33 bits per heavy atom. The molecule has 1 heterocycles. The Hall–Kier alpha value is -2.08. The van der Waals surface area contributed by atoms with Crippen LogP contribution >= 0.6 is 17.0 Å². The second-order valence-electron chi connectivity index (χ2n) is 4.91. The van der Waals surface area contributed by atoms with Gasteiger partial charge in [0.05, 0.1) is 5.69 Å². The largest absolute Gasteiger partial charge is 0.504 e. The number of phenolic OH excluding ortho intramolecular Hbond substituents is 4. The number of nitrogens with one attached hydrogen (secondary N) is 1. The van der Waals surface area contributed by atoms with Crippen molar-refractivity contribution in [2.75, 3.05) is 11.9 Å². The number of benzene rings is 2. The van der Waals surface area contributed by atoms with Gasteiger partial charge in [0.1, 0.15) is 0 Å². The molecule has 1 aliphatic rings. The molecule has 2 aromatic rings. The summed E-state index contributed by atoms with van der Waals surface area (Å²) >= 11 is 0. The van der Waals surface area contributed by atoms with Gasteiger partial charge in [-0.15, -0.1) is 17.0 Å². The van der Waals surface area contributed by atoms with Crippen LogP contribution in [0, 0.1) is 0 Å². The fourth-order valence-corrected chi connectivity index (χ4v) is 2.67. The third kappa shape index (κ3) is 2.58. The fourth-order valence-electron chi connectivity index (χ4n) is 2.67. The normalized spacial score (nSPS) is 16.5. The predicted molar refractivity (Wildman–Crippen MR) is 84.8 cm³/mol. The molecule has 0 spiro atoms. The summed E-state index contributed by atoms with van der Waals surface area (Å²) in [5.41, 5.74) is 2.23. The summed E-state index contributed by atoms with van der Waals surface area (Å²) < 4.78 is 0. The molecule has 0 radical (unpaired) electrons. The van der Waals surface area contributed by atoms with Crippen molar-refractivity contribution in [2.45, 2.75) is 12.3 Å². The maximum absolute atomic E-state index is 9.90. The monoisotopic (exact) mass is 353 g/mol. The van der Waals surface area contributed by atoms with E-state index in [1.54, 1.807) is 12.1 Å². The minimum absolute atomic E-state index is 0. The van der Waals surface area contributed by atoms with Crippen molar-refractivity contribution >= 4 is 22.7 Å². The van der Waals surface area contributed by atoms with Crippen molar-refractivity contribution < 1.29 is 20.4 Å². The highest BCUT2D eigenvalue weighted by atomic mass is 79.9. The van der Waals surface area contributed by atoms with Gasteiger partial charge in [-0.2, -0.15) is 0 Å². The summed E-state index contributed by atoms with van der Waals surface area (Å²) in [5.74, 6) is -0.646. The Morgan fingerprint density at radius 1 is 0.905 bits per heavy atom. The van der Waals surface area contributed by atoms with Crippen molar-refractivity contribution in [1.29, 1.82) is 0 Å². The summed E-state index contributed by atoms with van der Waals surface area (Å²) in [6.45, 7) is 0.649. The van der Waals surface area contributed by atoms with Crippen molar-refractivity contribution in [3.05, 3.63) is 41.5 Å². The van der Waals surface area contributed by atoms with Crippen LogP contribution in [0.4, 0.5) is 5.69 Å². The Bertz CT molecular complexity index is 675. The number of anilines is 1. The molecule has 1 aliphatic heterocycles. The number of aromatic hydroxyl groups is 4. The van der Waals surface area contributed by atoms with Crippen molar-refractivity contribution in [3.8, 4) is 23.0 Å². The van der Waals surface area contributed by atoms with Gasteiger partial charge in [-0.1, -0.05) is 12.1 Å². The van der Waals surface area contributed by atoms with Crippen LogP contribution in [-0.2, 0) is 0 Å². The molecule has 112 valence electrons. The first-order valence-corrected chi connectivity index (χ1v) is 6.38. The summed E-state index contributed by atoms with van der Waals surface area (Å²) in [6.07, 6.45) is 0.793. The minimum atomic E-state index is -0.162. The van der Waals surface area contributed by atoms with E-state index in [1.807, 2.05) is 0 Å². The molecule has 5 N–H and O–H groups in total. The van der Waals surface area contributed by atoms with E-state index in [0.717, 1.165) is 17.5 Å². The summed E-state index contributed by atoms with van der Waals surface area (Å²) in [5, 5.41) is 41.5. The molecule has 0 amide bonds. The highest BCUT2D eigenvalue weighted by Gasteiger charge is 2.25. The zero-order valence-corrected chi connectivity index (χ0v) is 12.8. The molecule has 0 saturated carbocycles. The Kier molecular flexibility index (Phi) is 4.18. The van der Waals surface area contributed by atoms with Gasteiger partial charge in [0, 0.05) is 12.5 Å².